The number of benzene rings is 2. The van der Waals surface area contributed by atoms with Crippen LogP contribution in [0.25, 0.3) is 0 Å². The molecule has 6 heteroatoms. The molecule has 0 heterocycles. The van der Waals surface area contributed by atoms with Gasteiger partial charge in [-0.05, 0) is 44.0 Å². The van der Waals surface area contributed by atoms with Crippen molar-refractivity contribution in [3.63, 3.8) is 0 Å². The minimum absolute atomic E-state index is 0.0356. The van der Waals surface area contributed by atoms with Gasteiger partial charge in [0, 0.05) is 12.6 Å². The van der Waals surface area contributed by atoms with Crippen molar-refractivity contribution >= 4 is 17.5 Å². The lowest BCUT2D eigenvalue weighted by atomic mass is 10.1. The van der Waals surface area contributed by atoms with E-state index in [0.29, 0.717) is 17.7 Å². The molecule has 25 heavy (non-hydrogen) atoms. The van der Waals surface area contributed by atoms with Crippen molar-refractivity contribution < 1.29 is 19.1 Å². The van der Waals surface area contributed by atoms with E-state index in [1.54, 1.807) is 38.1 Å². The average Bonchev–Trinajstić information content (AvgIpc) is 2.57. The van der Waals surface area contributed by atoms with Gasteiger partial charge in [-0.3, -0.25) is 9.59 Å². The first-order valence-electron chi connectivity index (χ1n) is 8.01. The first kappa shape index (κ1) is 18.6. The summed E-state index contributed by atoms with van der Waals surface area (Å²) in [5.41, 5.74) is 1.22. The fourth-order valence-electron chi connectivity index (χ4n) is 2.42. The minimum atomic E-state index is -0.629. The standard InChI is InChI=1S/C19H21FN2O3/c1-12-6-5-8-15(19(25)21-13(2)10-11-23)17(12)22-18(24)14-7-3-4-9-16(14)20/h3-9,13,23H,10-11H2,1-2H3,(H,21,25)(H,22,24). The van der Waals surface area contributed by atoms with Gasteiger partial charge in [-0.1, -0.05) is 24.3 Å². The number of amides is 2. The molecule has 2 amide bonds. The summed E-state index contributed by atoms with van der Waals surface area (Å²) in [6, 6.07) is 10.5. The van der Waals surface area contributed by atoms with E-state index < -0.39 is 11.7 Å². The Bertz CT molecular complexity index is 777. The Kier molecular flexibility index (Phi) is 6.25. The molecule has 3 N–H and O–H groups in total. The third kappa shape index (κ3) is 4.64. The van der Waals surface area contributed by atoms with Crippen molar-refractivity contribution in [3.8, 4) is 0 Å². The van der Waals surface area contributed by atoms with Gasteiger partial charge in [0.1, 0.15) is 5.82 Å². The van der Waals surface area contributed by atoms with Crippen molar-refractivity contribution in [2.45, 2.75) is 26.3 Å². The Hall–Kier alpha value is -2.73. The fraction of sp³-hybridized carbons (Fsp3) is 0.263. The normalized spacial score (nSPS) is 11.7. The Morgan fingerprint density at radius 3 is 2.44 bits per heavy atom. The van der Waals surface area contributed by atoms with Crippen LogP contribution in [0.3, 0.4) is 0 Å². The second-order valence-corrected chi connectivity index (χ2v) is 5.82. The van der Waals surface area contributed by atoms with Gasteiger partial charge in [0.2, 0.25) is 0 Å². The first-order chi connectivity index (χ1) is 11.9. The Morgan fingerprint density at radius 2 is 1.76 bits per heavy atom. The fourth-order valence-corrected chi connectivity index (χ4v) is 2.42. The van der Waals surface area contributed by atoms with E-state index in [-0.39, 0.29) is 29.7 Å². The van der Waals surface area contributed by atoms with E-state index in [2.05, 4.69) is 10.6 Å². The molecule has 0 aliphatic carbocycles. The van der Waals surface area contributed by atoms with E-state index in [1.165, 1.54) is 18.2 Å². The van der Waals surface area contributed by atoms with Gasteiger partial charge in [0.15, 0.2) is 0 Å². The van der Waals surface area contributed by atoms with Crippen molar-refractivity contribution in [2.24, 2.45) is 0 Å². The highest BCUT2D eigenvalue weighted by atomic mass is 19.1. The number of aliphatic hydroxyl groups is 1. The maximum absolute atomic E-state index is 13.8. The third-order valence-corrected chi connectivity index (χ3v) is 3.81. The Balaban J connectivity index is 2.27. The number of para-hydroxylation sites is 1. The van der Waals surface area contributed by atoms with Gasteiger partial charge in [0.05, 0.1) is 16.8 Å². The molecule has 2 aromatic rings. The smallest absolute Gasteiger partial charge is 0.258 e. The SMILES string of the molecule is Cc1cccc(C(=O)NC(C)CCO)c1NC(=O)c1ccccc1F. The molecule has 0 aliphatic heterocycles. The lowest BCUT2D eigenvalue weighted by molar-refractivity contribution is 0.0935. The lowest BCUT2D eigenvalue weighted by Crippen LogP contribution is -2.34. The zero-order valence-electron chi connectivity index (χ0n) is 14.2. The largest absolute Gasteiger partial charge is 0.396 e. The number of carbonyl (C=O) groups excluding carboxylic acids is 2. The van der Waals surface area contributed by atoms with E-state index in [1.807, 2.05) is 0 Å². The third-order valence-electron chi connectivity index (χ3n) is 3.81. The van der Waals surface area contributed by atoms with Crippen LogP contribution in [0.2, 0.25) is 0 Å². The van der Waals surface area contributed by atoms with Gasteiger partial charge >= 0.3 is 0 Å². The molecule has 0 saturated carbocycles. The molecule has 1 atom stereocenters. The van der Waals surface area contributed by atoms with E-state index in [9.17, 15) is 14.0 Å². The number of hydrogen-bond acceptors (Lipinski definition) is 3. The Labute approximate surface area is 145 Å². The summed E-state index contributed by atoms with van der Waals surface area (Å²) in [7, 11) is 0. The minimum Gasteiger partial charge on any atom is -0.396 e. The molecule has 0 bridgehead atoms. The number of carbonyl (C=O) groups is 2. The molecular formula is C19H21FN2O3. The number of hydrogen-bond donors (Lipinski definition) is 3. The van der Waals surface area contributed by atoms with E-state index >= 15 is 0 Å². The lowest BCUT2D eigenvalue weighted by Gasteiger charge is -2.17. The molecule has 1 unspecified atom stereocenters. The van der Waals surface area contributed by atoms with Gasteiger partial charge < -0.3 is 15.7 Å². The van der Waals surface area contributed by atoms with Crippen LogP contribution in [0.15, 0.2) is 42.5 Å². The molecule has 0 spiro atoms. The van der Waals surface area contributed by atoms with Gasteiger partial charge in [-0.2, -0.15) is 0 Å². The second-order valence-electron chi connectivity index (χ2n) is 5.82. The molecule has 0 aromatic heterocycles. The number of rotatable bonds is 6. The molecular weight excluding hydrogens is 323 g/mol. The van der Waals surface area contributed by atoms with Crippen molar-refractivity contribution in [3.05, 3.63) is 65.0 Å². The van der Waals surface area contributed by atoms with Crippen LogP contribution in [0.1, 0.15) is 39.6 Å². The summed E-state index contributed by atoms with van der Waals surface area (Å²) in [6.45, 7) is 3.50. The molecule has 0 radical (unpaired) electrons. The molecule has 0 aliphatic rings. The summed E-state index contributed by atoms with van der Waals surface area (Å²) in [6.07, 6.45) is 0.425. The molecule has 5 nitrogen and oxygen atoms in total. The highest BCUT2D eigenvalue weighted by Gasteiger charge is 2.19. The van der Waals surface area contributed by atoms with Gasteiger partial charge in [-0.15, -0.1) is 0 Å². The zero-order valence-corrected chi connectivity index (χ0v) is 14.2. The van der Waals surface area contributed by atoms with E-state index in [0.717, 1.165) is 0 Å². The summed E-state index contributed by atoms with van der Waals surface area (Å²) in [5.74, 6) is -1.62. The molecule has 0 saturated heterocycles. The van der Waals surface area contributed by atoms with Gasteiger partial charge in [-0.25, -0.2) is 4.39 Å². The van der Waals surface area contributed by atoms with Crippen LogP contribution >= 0.6 is 0 Å². The van der Waals surface area contributed by atoms with Crippen molar-refractivity contribution in [1.82, 2.24) is 5.32 Å². The quantitative estimate of drug-likeness (QED) is 0.754. The highest BCUT2D eigenvalue weighted by Crippen LogP contribution is 2.22. The molecule has 132 valence electrons. The maximum atomic E-state index is 13.8. The number of halogens is 1. The van der Waals surface area contributed by atoms with Crippen molar-refractivity contribution in [1.29, 1.82) is 0 Å². The monoisotopic (exact) mass is 344 g/mol. The highest BCUT2D eigenvalue weighted by molar-refractivity contribution is 6.09. The second kappa shape index (κ2) is 8.39. The average molecular weight is 344 g/mol. The van der Waals surface area contributed by atoms with Crippen LogP contribution in [0.5, 0.6) is 0 Å². The molecule has 2 rings (SSSR count). The van der Waals surface area contributed by atoms with Crippen LogP contribution in [0, 0.1) is 12.7 Å². The predicted octanol–water partition coefficient (Wildman–Crippen LogP) is 2.89. The van der Waals surface area contributed by atoms with Crippen LogP contribution < -0.4 is 10.6 Å². The number of aryl methyl sites for hydroxylation is 1. The maximum Gasteiger partial charge on any atom is 0.258 e. The first-order valence-corrected chi connectivity index (χ1v) is 8.01. The van der Waals surface area contributed by atoms with Crippen LogP contribution in [0.4, 0.5) is 10.1 Å². The van der Waals surface area contributed by atoms with Crippen molar-refractivity contribution in [2.75, 3.05) is 11.9 Å². The topological polar surface area (TPSA) is 78.4 Å². The summed E-state index contributed by atoms with van der Waals surface area (Å²) < 4.78 is 13.8. The number of nitrogens with one attached hydrogen (secondary N) is 2. The van der Waals surface area contributed by atoms with E-state index in [4.69, 9.17) is 5.11 Å². The summed E-state index contributed by atoms with van der Waals surface area (Å²) in [5, 5.41) is 14.3. The summed E-state index contributed by atoms with van der Waals surface area (Å²) in [4.78, 5) is 24.8. The predicted molar refractivity (Wildman–Crippen MR) is 94.2 cm³/mol. The molecule has 0 fully saturated rings. The number of aliphatic hydroxyl groups excluding tert-OH is 1. The van der Waals surface area contributed by atoms with Crippen LogP contribution in [-0.2, 0) is 0 Å². The Morgan fingerprint density at radius 1 is 1.08 bits per heavy atom. The van der Waals surface area contributed by atoms with Gasteiger partial charge in [0.25, 0.3) is 11.8 Å². The van der Waals surface area contributed by atoms with Crippen LogP contribution in [-0.4, -0.2) is 29.6 Å². The molecule has 2 aromatic carbocycles. The summed E-state index contributed by atoms with van der Waals surface area (Å²) >= 11 is 0. The zero-order chi connectivity index (χ0) is 18.4. The number of anilines is 1.